The number of imide groups is 2. The lowest BCUT2D eigenvalue weighted by molar-refractivity contribution is -0.134. The molecule has 4 aliphatic rings. The van der Waals surface area contributed by atoms with Gasteiger partial charge in [0.2, 0.25) is 11.8 Å². The number of benzene rings is 3. The van der Waals surface area contributed by atoms with Crippen LogP contribution in [0.1, 0.15) is 96.2 Å². The van der Waals surface area contributed by atoms with E-state index in [0.717, 1.165) is 87.5 Å². The number of methoxy groups -OCH3 is 1. The molecule has 4 amide bonds. The summed E-state index contributed by atoms with van der Waals surface area (Å²) in [4.78, 5) is 59.1. The van der Waals surface area contributed by atoms with E-state index in [-0.39, 0.29) is 36.1 Å². The third kappa shape index (κ3) is 11.0. The molecule has 310 valence electrons. The highest BCUT2D eigenvalue weighted by Crippen LogP contribution is 2.33. The van der Waals surface area contributed by atoms with Gasteiger partial charge in [-0.3, -0.25) is 39.2 Å². The largest absolute Gasteiger partial charge is 0.493 e. The number of amides is 4. The van der Waals surface area contributed by atoms with E-state index in [1.165, 1.54) is 4.90 Å². The van der Waals surface area contributed by atoms with E-state index < -0.39 is 0 Å². The number of piperidine rings is 2. The molecule has 0 aliphatic carbocycles. The second-order valence-corrected chi connectivity index (χ2v) is 15.3. The Morgan fingerprint density at radius 2 is 1.50 bits per heavy atom. The molecule has 3 fully saturated rings. The van der Waals surface area contributed by atoms with Gasteiger partial charge < -0.3 is 14.4 Å². The van der Waals surface area contributed by atoms with Gasteiger partial charge in [-0.15, -0.1) is 0 Å². The van der Waals surface area contributed by atoms with Crippen LogP contribution in [0.5, 0.6) is 11.5 Å². The number of hydrogen-bond acceptors (Lipinski definition) is 10. The Bertz CT molecular complexity index is 1940. The molecule has 11 nitrogen and oxygen atoms in total. The zero-order valence-corrected chi connectivity index (χ0v) is 35.8. The first-order valence-corrected chi connectivity index (χ1v) is 22.2. The topological polar surface area (TPSA) is 112 Å². The Kier molecular flexibility index (Phi) is 16.6. The summed E-state index contributed by atoms with van der Waals surface area (Å²) in [6.07, 6.45) is 7.93. The molecule has 1 unspecified atom stereocenters. The van der Waals surface area contributed by atoms with Gasteiger partial charge in [-0.2, -0.15) is 11.8 Å². The predicted octanol–water partition coefficient (Wildman–Crippen LogP) is 6.44. The minimum atomic E-state index is -0.272. The van der Waals surface area contributed by atoms with Gasteiger partial charge >= 0.3 is 0 Å². The lowest BCUT2D eigenvalue weighted by atomic mass is 9.90. The van der Waals surface area contributed by atoms with Gasteiger partial charge in [-0.1, -0.05) is 43.9 Å². The van der Waals surface area contributed by atoms with Crippen LogP contribution in [0.15, 0.2) is 60.7 Å². The molecule has 0 saturated carbocycles. The smallest absolute Gasteiger partial charge is 0.261 e. The molecule has 4 heterocycles. The Balaban J connectivity index is 0.00000122. The molecule has 0 aromatic heterocycles. The number of thioether (sulfide) groups is 1. The SMILES string of the molecule is CC.CCOc1cc(CN2C(=O)c3ccc(N4CCC(N5CCN(CCC#Cc6ccc(C7CCC(=O)NC7=O)cc6)CC5)CC4)cc3C2=O)ccc1OC.CSC. The molecular weight excluding hydrogens is 751 g/mol. The molecule has 1 atom stereocenters. The Hall–Kier alpha value is -4.83. The van der Waals surface area contributed by atoms with Crippen molar-refractivity contribution in [2.45, 2.75) is 71.4 Å². The third-order valence-corrected chi connectivity index (χ3v) is 10.9. The van der Waals surface area contributed by atoms with Gasteiger partial charge in [-0.05, 0) is 92.3 Å². The number of carbonyl (C=O) groups excluding carboxylic acids is 4. The predicted molar refractivity (Wildman–Crippen MR) is 232 cm³/mol. The number of nitrogens with one attached hydrogen (secondary N) is 1. The minimum absolute atomic E-state index is 0.169. The summed E-state index contributed by atoms with van der Waals surface area (Å²) in [6, 6.07) is 19.5. The number of ether oxygens (including phenoxy) is 2. The molecule has 0 radical (unpaired) electrons. The van der Waals surface area contributed by atoms with Crippen molar-refractivity contribution < 1.29 is 28.7 Å². The van der Waals surface area contributed by atoms with Crippen LogP contribution in [-0.4, -0.2) is 116 Å². The van der Waals surface area contributed by atoms with Gasteiger partial charge in [0.05, 0.1) is 37.3 Å². The maximum absolute atomic E-state index is 13.5. The monoisotopic (exact) mass is 809 g/mol. The maximum Gasteiger partial charge on any atom is 0.261 e. The third-order valence-electron chi connectivity index (χ3n) is 10.9. The molecule has 4 aliphatic heterocycles. The van der Waals surface area contributed by atoms with Gasteiger partial charge in [0.1, 0.15) is 0 Å². The van der Waals surface area contributed by atoms with Crippen LogP contribution >= 0.6 is 11.8 Å². The summed E-state index contributed by atoms with van der Waals surface area (Å²) < 4.78 is 11.1. The van der Waals surface area contributed by atoms with Crippen LogP contribution < -0.4 is 19.7 Å². The van der Waals surface area contributed by atoms with E-state index in [1.54, 1.807) is 31.0 Å². The quantitative estimate of drug-likeness (QED) is 0.182. The normalized spacial score (nSPS) is 18.6. The molecular formula is C46H59N5O6S. The van der Waals surface area contributed by atoms with Gasteiger partial charge in [0, 0.05) is 75.9 Å². The summed E-state index contributed by atoms with van der Waals surface area (Å²) in [7, 11) is 1.59. The number of rotatable bonds is 10. The van der Waals surface area contributed by atoms with E-state index in [2.05, 4.69) is 31.9 Å². The Labute approximate surface area is 348 Å². The molecule has 58 heavy (non-hydrogen) atoms. The summed E-state index contributed by atoms with van der Waals surface area (Å²) in [5.41, 5.74) is 4.57. The van der Waals surface area contributed by atoms with Crippen molar-refractivity contribution >= 4 is 41.1 Å². The number of nitrogens with zero attached hydrogens (tertiary/aromatic N) is 4. The molecule has 0 bridgehead atoms. The molecule has 3 aromatic carbocycles. The van der Waals surface area contributed by atoms with Crippen molar-refractivity contribution in [3.63, 3.8) is 0 Å². The van der Waals surface area contributed by atoms with Crippen molar-refractivity contribution in [1.82, 2.24) is 20.0 Å². The lowest BCUT2D eigenvalue weighted by Crippen LogP contribution is -2.53. The first-order chi connectivity index (χ1) is 28.2. The maximum atomic E-state index is 13.5. The minimum Gasteiger partial charge on any atom is -0.493 e. The number of piperazine rings is 1. The van der Waals surface area contributed by atoms with Gasteiger partial charge in [-0.25, -0.2) is 0 Å². The second kappa shape index (κ2) is 21.8. The summed E-state index contributed by atoms with van der Waals surface area (Å²) in [6.45, 7) is 13.5. The van der Waals surface area contributed by atoms with E-state index in [9.17, 15) is 19.2 Å². The standard InChI is InChI=1S/C42H47N5O6.C2H6S.C2H6/c1-3-53-38-26-30(9-15-37(38)52-2)28-47-41(50)35-13-12-33(27-36(35)42(47)51)45-20-17-32(18-21-45)46-24-22-44(23-25-46)19-5-4-6-29-7-10-31(11-8-29)34-14-16-39(48)43-40(34)49;1-3-2;1-2/h7-13,15,26-27,32,34H,3,5,14,16-25,28H2,1-2H3,(H,43,48,49);1-2H3;1-2H3. The fourth-order valence-electron chi connectivity index (χ4n) is 7.92. The van der Waals surface area contributed by atoms with Crippen molar-refractivity contribution in [2.24, 2.45) is 0 Å². The zero-order valence-electron chi connectivity index (χ0n) is 35.0. The molecule has 7 rings (SSSR count). The van der Waals surface area contributed by atoms with Crippen LogP contribution in [0.2, 0.25) is 0 Å². The first kappa shape index (κ1) is 44.3. The van der Waals surface area contributed by atoms with Crippen LogP contribution in [-0.2, 0) is 16.1 Å². The van der Waals surface area contributed by atoms with Crippen LogP contribution in [0.3, 0.4) is 0 Å². The fourth-order valence-corrected chi connectivity index (χ4v) is 7.92. The lowest BCUT2D eigenvalue weighted by Gasteiger charge is -2.43. The molecule has 12 heteroatoms. The van der Waals surface area contributed by atoms with Gasteiger partial charge in [0.15, 0.2) is 11.5 Å². The van der Waals surface area contributed by atoms with Crippen LogP contribution in [0.25, 0.3) is 0 Å². The molecule has 1 N–H and O–H groups in total. The van der Waals surface area contributed by atoms with Crippen molar-refractivity contribution in [2.75, 3.05) is 76.9 Å². The number of hydrogen-bond donors (Lipinski definition) is 1. The summed E-state index contributed by atoms with van der Waals surface area (Å²) >= 11 is 1.75. The zero-order chi connectivity index (χ0) is 41.6. The second-order valence-electron chi connectivity index (χ2n) is 14.5. The van der Waals surface area contributed by atoms with E-state index in [1.807, 2.05) is 81.8 Å². The van der Waals surface area contributed by atoms with Crippen molar-refractivity contribution in [3.8, 4) is 23.3 Å². The first-order valence-electron chi connectivity index (χ1n) is 20.6. The van der Waals surface area contributed by atoms with E-state index in [0.29, 0.717) is 48.1 Å². The van der Waals surface area contributed by atoms with E-state index in [4.69, 9.17) is 9.47 Å². The fraction of sp³-hybridized carbons (Fsp3) is 0.478. The number of anilines is 1. The Morgan fingerprint density at radius 1 is 0.810 bits per heavy atom. The summed E-state index contributed by atoms with van der Waals surface area (Å²) in [5.74, 6) is 6.56. The highest BCUT2D eigenvalue weighted by Gasteiger charge is 2.37. The Morgan fingerprint density at radius 3 is 2.16 bits per heavy atom. The van der Waals surface area contributed by atoms with Crippen LogP contribution in [0, 0.1) is 11.8 Å². The average molecular weight is 810 g/mol. The van der Waals surface area contributed by atoms with E-state index >= 15 is 0 Å². The summed E-state index contributed by atoms with van der Waals surface area (Å²) in [5, 5.41) is 2.43. The van der Waals surface area contributed by atoms with Gasteiger partial charge in [0.25, 0.3) is 11.8 Å². The highest BCUT2D eigenvalue weighted by molar-refractivity contribution is 7.97. The number of fused-ring (bicyclic) bond motifs is 1. The molecule has 0 spiro atoms. The number of carbonyl (C=O) groups is 4. The molecule has 3 saturated heterocycles. The van der Waals surface area contributed by atoms with Crippen molar-refractivity contribution in [3.05, 3.63) is 88.5 Å². The van der Waals surface area contributed by atoms with Crippen molar-refractivity contribution in [1.29, 1.82) is 0 Å². The average Bonchev–Trinajstić information content (AvgIpc) is 3.48. The molecule has 3 aromatic rings. The van der Waals surface area contributed by atoms with Crippen LogP contribution in [0.4, 0.5) is 5.69 Å². The highest BCUT2D eigenvalue weighted by atomic mass is 32.2.